The third kappa shape index (κ3) is 2.63. The van der Waals surface area contributed by atoms with E-state index < -0.39 is 0 Å². The quantitative estimate of drug-likeness (QED) is 0.809. The van der Waals surface area contributed by atoms with E-state index in [1.54, 1.807) is 25.3 Å². The Labute approximate surface area is 122 Å². The highest BCUT2D eigenvalue weighted by molar-refractivity contribution is 6.04. The summed E-state index contributed by atoms with van der Waals surface area (Å²) in [5, 5.41) is 15.4. The van der Waals surface area contributed by atoms with Crippen LogP contribution >= 0.6 is 0 Å². The predicted octanol–water partition coefficient (Wildman–Crippen LogP) is 2.38. The second kappa shape index (κ2) is 5.36. The van der Waals surface area contributed by atoms with Crippen LogP contribution in [0, 0.1) is 0 Å². The van der Waals surface area contributed by atoms with Crippen LogP contribution < -0.4 is 15.4 Å². The first-order chi connectivity index (χ1) is 10.2. The van der Waals surface area contributed by atoms with E-state index in [9.17, 15) is 9.90 Å². The number of carbonyl (C=O) groups is 1. The fraction of sp³-hybridized carbons (Fsp3) is 0.188. The lowest BCUT2D eigenvalue weighted by Crippen LogP contribution is -2.40. The maximum atomic E-state index is 12.2. The maximum Gasteiger partial charge on any atom is 0.247 e. The molecule has 0 bridgehead atoms. The van der Waals surface area contributed by atoms with Crippen LogP contribution in [0.3, 0.4) is 0 Å². The van der Waals surface area contributed by atoms with Gasteiger partial charge in [-0.3, -0.25) is 4.79 Å². The van der Waals surface area contributed by atoms with Crippen molar-refractivity contribution in [3.8, 4) is 11.5 Å². The molecule has 1 amide bonds. The lowest BCUT2D eigenvalue weighted by Gasteiger charge is -2.28. The van der Waals surface area contributed by atoms with Gasteiger partial charge in [-0.2, -0.15) is 0 Å². The summed E-state index contributed by atoms with van der Waals surface area (Å²) >= 11 is 0. The summed E-state index contributed by atoms with van der Waals surface area (Å²) in [5.74, 6) is 0.756. The number of nitrogens with one attached hydrogen (secondary N) is 2. The molecule has 108 valence electrons. The summed E-state index contributed by atoms with van der Waals surface area (Å²) in [6.07, 6.45) is 0.544. The van der Waals surface area contributed by atoms with Crippen LogP contribution in [-0.4, -0.2) is 24.2 Å². The van der Waals surface area contributed by atoms with Gasteiger partial charge in [0, 0.05) is 6.42 Å². The van der Waals surface area contributed by atoms with E-state index in [0.717, 1.165) is 11.3 Å². The minimum absolute atomic E-state index is 0.0972. The molecule has 5 heteroatoms. The summed E-state index contributed by atoms with van der Waals surface area (Å²) in [6.45, 7) is 0. The molecule has 0 saturated carbocycles. The molecule has 2 aromatic rings. The highest BCUT2D eigenvalue weighted by atomic mass is 16.5. The van der Waals surface area contributed by atoms with Crippen molar-refractivity contribution < 1.29 is 14.6 Å². The SMILES string of the molecule is COc1cccc2c1NC(=O)C(Cc1ccc(O)cc1)N2. The molecule has 0 fully saturated rings. The topological polar surface area (TPSA) is 70.6 Å². The number of benzene rings is 2. The normalized spacial score (nSPS) is 16.6. The van der Waals surface area contributed by atoms with Crippen molar-refractivity contribution in [1.29, 1.82) is 0 Å². The Hall–Kier alpha value is -2.69. The lowest BCUT2D eigenvalue weighted by molar-refractivity contribution is -0.117. The Morgan fingerprint density at radius 1 is 1.19 bits per heavy atom. The molecule has 0 saturated heterocycles. The van der Waals surface area contributed by atoms with Crippen LogP contribution in [0.25, 0.3) is 0 Å². The third-order valence-corrected chi connectivity index (χ3v) is 3.52. The van der Waals surface area contributed by atoms with Gasteiger partial charge in [-0.15, -0.1) is 0 Å². The van der Waals surface area contributed by atoms with Gasteiger partial charge in [0.05, 0.1) is 12.8 Å². The molecule has 2 aromatic carbocycles. The molecular weight excluding hydrogens is 268 g/mol. The average Bonchev–Trinajstić information content (AvgIpc) is 2.50. The largest absolute Gasteiger partial charge is 0.508 e. The molecular formula is C16H16N2O3. The fourth-order valence-electron chi connectivity index (χ4n) is 2.43. The van der Waals surface area contributed by atoms with Crippen molar-refractivity contribution in [2.75, 3.05) is 17.7 Å². The van der Waals surface area contributed by atoms with Crippen molar-refractivity contribution in [2.45, 2.75) is 12.5 Å². The smallest absolute Gasteiger partial charge is 0.247 e. The van der Waals surface area contributed by atoms with Crippen LogP contribution in [0.15, 0.2) is 42.5 Å². The number of carbonyl (C=O) groups excluding carboxylic acids is 1. The Bertz CT molecular complexity index is 668. The molecule has 0 spiro atoms. The van der Waals surface area contributed by atoms with Gasteiger partial charge in [0.25, 0.3) is 0 Å². The number of phenols is 1. The number of aromatic hydroxyl groups is 1. The maximum absolute atomic E-state index is 12.2. The monoisotopic (exact) mass is 284 g/mol. The summed E-state index contributed by atoms with van der Waals surface area (Å²) < 4.78 is 5.25. The lowest BCUT2D eigenvalue weighted by atomic mass is 10.0. The summed E-state index contributed by atoms with van der Waals surface area (Å²) in [6, 6.07) is 12.1. The van der Waals surface area contributed by atoms with E-state index in [-0.39, 0.29) is 17.7 Å². The second-order valence-corrected chi connectivity index (χ2v) is 4.94. The average molecular weight is 284 g/mol. The molecule has 0 aromatic heterocycles. The molecule has 0 radical (unpaired) electrons. The Morgan fingerprint density at radius 2 is 1.95 bits per heavy atom. The van der Waals surface area contributed by atoms with E-state index >= 15 is 0 Å². The van der Waals surface area contributed by atoms with Crippen LogP contribution in [0.4, 0.5) is 11.4 Å². The molecule has 1 unspecified atom stereocenters. The van der Waals surface area contributed by atoms with Crippen LogP contribution in [0.1, 0.15) is 5.56 Å². The van der Waals surface area contributed by atoms with E-state index in [4.69, 9.17) is 4.74 Å². The van der Waals surface area contributed by atoms with E-state index in [2.05, 4.69) is 10.6 Å². The van der Waals surface area contributed by atoms with Gasteiger partial charge in [0.1, 0.15) is 23.2 Å². The number of anilines is 2. The van der Waals surface area contributed by atoms with Crippen LogP contribution in [0.5, 0.6) is 11.5 Å². The zero-order valence-electron chi connectivity index (χ0n) is 11.6. The number of rotatable bonds is 3. The van der Waals surface area contributed by atoms with Crippen molar-refractivity contribution in [1.82, 2.24) is 0 Å². The van der Waals surface area contributed by atoms with Crippen molar-refractivity contribution >= 4 is 17.3 Å². The molecule has 1 atom stereocenters. The van der Waals surface area contributed by atoms with Gasteiger partial charge in [-0.1, -0.05) is 18.2 Å². The first-order valence-corrected chi connectivity index (χ1v) is 6.69. The zero-order valence-corrected chi connectivity index (χ0v) is 11.6. The van der Waals surface area contributed by atoms with Gasteiger partial charge < -0.3 is 20.5 Å². The van der Waals surface area contributed by atoms with Crippen LogP contribution in [0.2, 0.25) is 0 Å². The molecule has 1 heterocycles. The Morgan fingerprint density at radius 3 is 2.67 bits per heavy atom. The summed E-state index contributed by atoms with van der Waals surface area (Å²) in [7, 11) is 1.57. The standard InChI is InChI=1S/C16H16N2O3/c1-21-14-4-2-3-12-15(14)18-16(20)13(17-12)9-10-5-7-11(19)8-6-10/h2-8,13,17,19H,9H2,1H3,(H,18,20). The first kappa shape index (κ1) is 13.3. The minimum atomic E-state index is -0.353. The van der Waals surface area contributed by atoms with Crippen LogP contribution in [-0.2, 0) is 11.2 Å². The Balaban J connectivity index is 1.82. The predicted molar refractivity (Wildman–Crippen MR) is 80.8 cm³/mol. The first-order valence-electron chi connectivity index (χ1n) is 6.69. The van der Waals surface area contributed by atoms with E-state index in [1.807, 2.05) is 24.3 Å². The van der Waals surface area contributed by atoms with E-state index in [0.29, 0.717) is 17.9 Å². The summed E-state index contributed by atoms with van der Waals surface area (Å²) in [4.78, 5) is 12.2. The second-order valence-electron chi connectivity index (χ2n) is 4.94. The molecule has 3 N–H and O–H groups in total. The molecule has 1 aliphatic rings. The number of hydrogen-bond acceptors (Lipinski definition) is 4. The summed E-state index contributed by atoms with van der Waals surface area (Å²) in [5.41, 5.74) is 2.50. The number of amides is 1. The number of hydrogen-bond donors (Lipinski definition) is 3. The highest BCUT2D eigenvalue weighted by Gasteiger charge is 2.27. The van der Waals surface area contributed by atoms with E-state index in [1.165, 1.54) is 0 Å². The fourth-order valence-corrected chi connectivity index (χ4v) is 2.43. The molecule has 21 heavy (non-hydrogen) atoms. The number of methoxy groups -OCH3 is 1. The molecule has 1 aliphatic heterocycles. The number of fused-ring (bicyclic) bond motifs is 1. The van der Waals surface area contributed by atoms with Gasteiger partial charge >= 0.3 is 0 Å². The van der Waals surface area contributed by atoms with Crippen molar-refractivity contribution in [3.05, 3.63) is 48.0 Å². The zero-order chi connectivity index (χ0) is 14.8. The van der Waals surface area contributed by atoms with Gasteiger partial charge in [-0.25, -0.2) is 0 Å². The number of para-hydroxylation sites is 1. The van der Waals surface area contributed by atoms with Crippen molar-refractivity contribution in [2.24, 2.45) is 0 Å². The molecule has 5 nitrogen and oxygen atoms in total. The van der Waals surface area contributed by atoms with Gasteiger partial charge in [-0.05, 0) is 29.8 Å². The molecule has 0 aliphatic carbocycles. The third-order valence-electron chi connectivity index (χ3n) is 3.52. The van der Waals surface area contributed by atoms with Gasteiger partial charge in [0.2, 0.25) is 5.91 Å². The Kier molecular flexibility index (Phi) is 3.39. The molecule has 3 rings (SSSR count). The highest BCUT2D eigenvalue weighted by Crippen LogP contribution is 2.35. The minimum Gasteiger partial charge on any atom is -0.508 e. The number of phenolic OH excluding ortho intramolecular Hbond substituents is 1. The number of ether oxygens (including phenoxy) is 1. The van der Waals surface area contributed by atoms with Gasteiger partial charge in [0.15, 0.2) is 0 Å². The van der Waals surface area contributed by atoms with Crippen molar-refractivity contribution in [3.63, 3.8) is 0 Å².